The topological polar surface area (TPSA) is 59.8 Å². The number of rotatable bonds is 5. The van der Waals surface area contributed by atoms with E-state index in [0.717, 1.165) is 22.1 Å². The quantitative estimate of drug-likeness (QED) is 0.722. The maximum Gasteiger partial charge on any atom is 0.299 e. The number of thioether (sulfide) groups is 1. The molecule has 2 aromatic carbocycles. The first kappa shape index (κ1) is 16.5. The van der Waals surface area contributed by atoms with E-state index < -0.39 is 0 Å². The van der Waals surface area contributed by atoms with Crippen molar-refractivity contribution in [3.05, 3.63) is 52.8 Å². The van der Waals surface area contributed by atoms with Gasteiger partial charge in [0.15, 0.2) is 5.69 Å². The Morgan fingerprint density at radius 3 is 2.58 bits per heavy atom. The molecule has 0 saturated carbocycles. The first-order valence-corrected chi connectivity index (χ1v) is 8.88. The number of hydrogen-bond acceptors (Lipinski definition) is 5. The van der Waals surface area contributed by atoms with Gasteiger partial charge >= 0.3 is 0 Å². The molecule has 0 aliphatic carbocycles. The second-order valence-corrected chi connectivity index (χ2v) is 6.95. The third-order valence-electron chi connectivity index (χ3n) is 3.62. The van der Waals surface area contributed by atoms with Crippen LogP contribution in [-0.4, -0.2) is 27.7 Å². The first-order chi connectivity index (χ1) is 11.6. The smallest absolute Gasteiger partial charge is 0.299 e. The second kappa shape index (κ2) is 7.05. The van der Waals surface area contributed by atoms with Gasteiger partial charge in [-0.25, -0.2) is 0 Å². The Hall–Kier alpha value is -2.34. The van der Waals surface area contributed by atoms with Gasteiger partial charge in [-0.1, -0.05) is 62.0 Å². The van der Waals surface area contributed by atoms with Crippen molar-refractivity contribution in [1.29, 1.82) is 0 Å². The number of benzene rings is 2. The second-order valence-electron chi connectivity index (χ2n) is 5.96. The van der Waals surface area contributed by atoms with Gasteiger partial charge in [0, 0.05) is 18.4 Å². The van der Waals surface area contributed by atoms with Gasteiger partial charge in [-0.3, -0.25) is 4.79 Å². The third-order valence-corrected chi connectivity index (χ3v) is 4.98. The molecule has 0 aliphatic heterocycles. The molecule has 3 aromatic rings. The van der Waals surface area contributed by atoms with Crippen LogP contribution in [0.1, 0.15) is 13.8 Å². The fourth-order valence-corrected chi connectivity index (χ4v) is 3.31. The van der Waals surface area contributed by atoms with E-state index >= 15 is 0 Å². The lowest BCUT2D eigenvalue weighted by Gasteiger charge is -2.12. The Bertz CT molecular complexity index is 920. The lowest BCUT2D eigenvalue weighted by molar-refractivity contribution is 0.672. The van der Waals surface area contributed by atoms with Crippen LogP contribution >= 0.6 is 11.8 Å². The van der Waals surface area contributed by atoms with E-state index in [1.54, 1.807) is 7.05 Å². The zero-order valence-electron chi connectivity index (χ0n) is 14.0. The minimum absolute atomic E-state index is 0.186. The molecule has 5 nitrogen and oxygen atoms in total. The normalized spacial score (nSPS) is 11.2. The Labute approximate surface area is 145 Å². The standard InChI is InChI=1S/C18H20N4OS/c1-12(2)11-24-18-21-20-16(17(23)22(18)19-3)15-9-8-13-6-4-5-7-14(13)10-15/h4-10,12,19H,11H2,1-3H3. The number of aromatic nitrogens is 3. The fraction of sp³-hybridized carbons (Fsp3) is 0.278. The van der Waals surface area contributed by atoms with Crippen molar-refractivity contribution in [3.63, 3.8) is 0 Å². The summed E-state index contributed by atoms with van der Waals surface area (Å²) in [5, 5.41) is 11.2. The molecular formula is C18H20N4OS. The number of hydrogen-bond donors (Lipinski definition) is 1. The average molecular weight is 340 g/mol. The van der Waals surface area contributed by atoms with Crippen molar-refractivity contribution in [2.24, 2.45) is 5.92 Å². The highest BCUT2D eigenvalue weighted by molar-refractivity contribution is 7.99. The van der Waals surface area contributed by atoms with Crippen molar-refractivity contribution < 1.29 is 0 Å². The van der Waals surface area contributed by atoms with E-state index in [0.29, 0.717) is 16.8 Å². The minimum Gasteiger partial charge on any atom is -0.324 e. The largest absolute Gasteiger partial charge is 0.324 e. The van der Waals surface area contributed by atoms with Crippen molar-refractivity contribution in [2.75, 3.05) is 18.2 Å². The molecule has 0 fully saturated rings. The molecule has 124 valence electrons. The molecule has 3 rings (SSSR count). The van der Waals surface area contributed by atoms with Gasteiger partial charge in [0.2, 0.25) is 5.16 Å². The molecule has 0 saturated heterocycles. The Morgan fingerprint density at radius 2 is 1.88 bits per heavy atom. The van der Waals surface area contributed by atoms with Crippen LogP contribution in [0.15, 0.2) is 52.4 Å². The van der Waals surface area contributed by atoms with Gasteiger partial charge < -0.3 is 5.43 Å². The Morgan fingerprint density at radius 1 is 1.12 bits per heavy atom. The summed E-state index contributed by atoms with van der Waals surface area (Å²) in [6, 6.07) is 13.9. The molecule has 0 spiro atoms. The molecule has 1 N–H and O–H groups in total. The predicted octanol–water partition coefficient (Wildman–Crippen LogP) is 3.38. The maximum atomic E-state index is 12.8. The molecule has 0 amide bonds. The molecule has 0 unspecified atom stereocenters. The van der Waals surface area contributed by atoms with Gasteiger partial charge in [0.25, 0.3) is 5.56 Å². The summed E-state index contributed by atoms with van der Waals surface area (Å²) in [5.41, 5.74) is 3.85. The zero-order chi connectivity index (χ0) is 17.1. The van der Waals surface area contributed by atoms with Gasteiger partial charge in [-0.15, -0.1) is 10.2 Å². The van der Waals surface area contributed by atoms with E-state index in [1.807, 2.05) is 42.5 Å². The highest BCUT2D eigenvalue weighted by Gasteiger charge is 2.14. The van der Waals surface area contributed by atoms with Crippen LogP contribution in [0.25, 0.3) is 22.0 Å². The highest BCUT2D eigenvalue weighted by atomic mass is 32.2. The van der Waals surface area contributed by atoms with Gasteiger partial charge in [-0.2, -0.15) is 4.68 Å². The molecule has 1 heterocycles. The molecule has 1 aromatic heterocycles. The molecule has 24 heavy (non-hydrogen) atoms. The van der Waals surface area contributed by atoms with Gasteiger partial charge in [0.1, 0.15) is 0 Å². The van der Waals surface area contributed by atoms with E-state index in [1.165, 1.54) is 16.4 Å². The van der Waals surface area contributed by atoms with Crippen LogP contribution in [-0.2, 0) is 0 Å². The molecule has 0 atom stereocenters. The lowest BCUT2D eigenvalue weighted by Crippen LogP contribution is -2.31. The van der Waals surface area contributed by atoms with E-state index in [-0.39, 0.29) is 5.56 Å². The SMILES string of the molecule is CNn1c(SCC(C)C)nnc(-c2ccc3ccccc3c2)c1=O. The lowest BCUT2D eigenvalue weighted by atomic mass is 10.1. The number of fused-ring (bicyclic) bond motifs is 1. The minimum atomic E-state index is -0.186. The fourth-order valence-electron chi connectivity index (χ4n) is 2.42. The predicted molar refractivity (Wildman–Crippen MR) is 100 cm³/mol. The van der Waals surface area contributed by atoms with E-state index in [4.69, 9.17) is 0 Å². The van der Waals surface area contributed by atoms with Crippen molar-refractivity contribution >= 4 is 22.5 Å². The summed E-state index contributed by atoms with van der Waals surface area (Å²) in [6.07, 6.45) is 0. The summed E-state index contributed by atoms with van der Waals surface area (Å²) < 4.78 is 1.46. The van der Waals surface area contributed by atoms with Crippen molar-refractivity contribution in [3.8, 4) is 11.3 Å². The Balaban J connectivity index is 2.05. The van der Waals surface area contributed by atoms with Crippen LogP contribution in [0.3, 0.4) is 0 Å². The molecule has 0 bridgehead atoms. The number of nitrogens with zero attached hydrogens (tertiary/aromatic N) is 3. The van der Waals surface area contributed by atoms with Crippen LogP contribution in [0.4, 0.5) is 0 Å². The maximum absolute atomic E-state index is 12.8. The molecule has 0 aliphatic rings. The van der Waals surface area contributed by atoms with E-state index in [2.05, 4.69) is 29.5 Å². The van der Waals surface area contributed by atoms with Gasteiger partial charge in [0.05, 0.1) is 0 Å². The molecule has 0 radical (unpaired) electrons. The van der Waals surface area contributed by atoms with Crippen LogP contribution in [0.5, 0.6) is 0 Å². The van der Waals surface area contributed by atoms with Crippen LogP contribution in [0.2, 0.25) is 0 Å². The van der Waals surface area contributed by atoms with Crippen LogP contribution in [0, 0.1) is 5.92 Å². The zero-order valence-corrected chi connectivity index (χ0v) is 14.8. The van der Waals surface area contributed by atoms with Crippen molar-refractivity contribution in [1.82, 2.24) is 14.9 Å². The van der Waals surface area contributed by atoms with Crippen LogP contribution < -0.4 is 11.0 Å². The van der Waals surface area contributed by atoms with Gasteiger partial charge in [-0.05, 0) is 22.8 Å². The highest BCUT2D eigenvalue weighted by Crippen LogP contribution is 2.22. The third kappa shape index (κ3) is 3.28. The molecular weight excluding hydrogens is 320 g/mol. The average Bonchev–Trinajstić information content (AvgIpc) is 2.59. The monoisotopic (exact) mass is 340 g/mol. The molecule has 6 heteroatoms. The number of nitrogens with one attached hydrogen (secondary N) is 1. The summed E-state index contributed by atoms with van der Waals surface area (Å²) in [6.45, 7) is 4.26. The summed E-state index contributed by atoms with van der Waals surface area (Å²) in [4.78, 5) is 12.8. The van der Waals surface area contributed by atoms with Crippen molar-refractivity contribution in [2.45, 2.75) is 19.0 Å². The summed E-state index contributed by atoms with van der Waals surface area (Å²) in [7, 11) is 1.71. The first-order valence-electron chi connectivity index (χ1n) is 7.89. The summed E-state index contributed by atoms with van der Waals surface area (Å²) in [5.74, 6) is 1.39. The summed E-state index contributed by atoms with van der Waals surface area (Å²) >= 11 is 1.53. The van der Waals surface area contributed by atoms with E-state index in [9.17, 15) is 4.79 Å². The Kier molecular flexibility index (Phi) is 4.85.